The molecule has 1 N–H and O–H groups in total. The van der Waals surface area contributed by atoms with Crippen molar-refractivity contribution in [3.63, 3.8) is 0 Å². The van der Waals surface area contributed by atoms with E-state index in [1.165, 1.54) is 0 Å². The van der Waals surface area contributed by atoms with Crippen molar-refractivity contribution in [2.45, 2.75) is 115 Å². The lowest BCUT2D eigenvalue weighted by Gasteiger charge is -2.61. The van der Waals surface area contributed by atoms with Gasteiger partial charge in [0.05, 0.1) is 17.6 Å². The fourth-order valence-electron chi connectivity index (χ4n) is 9.91. The van der Waals surface area contributed by atoms with E-state index >= 15 is 0 Å². The van der Waals surface area contributed by atoms with E-state index in [0.717, 1.165) is 25.7 Å². The summed E-state index contributed by atoms with van der Waals surface area (Å²) in [6.45, 7) is 9.75. The third-order valence-corrected chi connectivity index (χ3v) is 12.2. The largest absolute Gasteiger partial charge is 0.458 e. The maximum atomic E-state index is 13.7. The summed E-state index contributed by atoms with van der Waals surface area (Å²) in [5.41, 5.74) is -1.85. The van der Waals surface area contributed by atoms with E-state index in [4.69, 9.17) is 14.2 Å². The van der Waals surface area contributed by atoms with Crippen LogP contribution in [0.4, 0.5) is 0 Å². The Balaban J connectivity index is 1.51. The highest BCUT2D eigenvalue weighted by Crippen LogP contribution is 2.81. The van der Waals surface area contributed by atoms with Gasteiger partial charge in [0.25, 0.3) is 0 Å². The molecular weight excluding hydrogens is 508 g/mol. The van der Waals surface area contributed by atoms with Gasteiger partial charge >= 0.3 is 11.9 Å². The number of esters is 2. The summed E-state index contributed by atoms with van der Waals surface area (Å²) in [5.74, 6) is -1.37. The number of carbonyl (C=O) groups excluding carboxylic acids is 3. The van der Waals surface area contributed by atoms with Crippen molar-refractivity contribution in [3.8, 4) is 0 Å². The second kappa shape index (κ2) is 9.38. The molecule has 5 aliphatic rings. The Kier molecular flexibility index (Phi) is 6.54. The molecule has 40 heavy (non-hydrogen) atoms. The zero-order valence-corrected chi connectivity index (χ0v) is 24.5. The minimum absolute atomic E-state index is 0.0527. The number of carbonyl (C=O) groups is 3. The second-order valence-corrected chi connectivity index (χ2v) is 13.9. The van der Waals surface area contributed by atoms with Crippen molar-refractivity contribution < 1.29 is 33.7 Å². The molecule has 0 bridgehead atoms. The predicted molar refractivity (Wildman–Crippen MR) is 147 cm³/mol. The predicted octanol–water partition coefficient (Wildman–Crippen LogP) is 5.27. The minimum Gasteiger partial charge on any atom is -0.458 e. The van der Waals surface area contributed by atoms with Gasteiger partial charge in [-0.2, -0.15) is 0 Å². The van der Waals surface area contributed by atoms with Gasteiger partial charge in [0.2, 0.25) is 0 Å². The number of benzene rings is 1. The van der Waals surface area contributed by atoms with Crippen molar-refractivity contribution in [3.05, 3.63) is 35.9 Å². The van der Waals surface area contributed by atoms with Crippen LogP contribution in [0.5, 0.6) is 0 Å². The van der Waals surface area contributed by atoms with E-state index in [-0.39, 0.29) is 46.9 Å². The highest BCUT2D eigenvalue weighted by Gasteiger charge is 2.91. The van der Waals surface area contributed by atoms with Gasteiger partial charge in [-0.3, -0.25) is 9.59 Å². The molecule has 1 aromatic rings. The van der Waals surface area contributed by atoms with Crippen LogP contribution < -0.4 is 0 Å². The van der Waals surface area contributed by atoms with Gasteiger partial charge in [-0.1, -0.05) is 45.9 Å². The van der Waals surface area contributed by atoms with Crippen molar-refractivity contribution >= 4 is 17.7 Å². The number of epoxide rings is 1. The second-order valence-electron chi connectivity index (χ2n) is 13.9. The van der Waals surface area contributed by atoms with Crippen molar-refractivity contribution in [2.24, 2.45) is 34.5 Å². The Labute approximate surface area is 237 Å². The normalized spacial score (nSPS) is 45.6. The molecule has 11 atom stereocenters. The molecule has 0 radical (unpaired) electrons. The van der Waals surface area contributed by atoms with E-state index in [1.54, 1.807) is 31.2 Å². The van der Waals surface area contributed by atoms with Gasteiger partial charge < -0.3 is 19.3 Å². The van der Waals surface area contributed by atoms with E-state index < -0.39 is 34.8 Å². The SMILES string of the molecule is CCC(C)C(=O)OC1C2C3(C)CCC(O)CC3CCC23OC32CCC(C(C)=O)C2(C)C1OC(=O)c1ccccc1. The number of ketones is 1. The molecule has 4 saturated carbocycles. The van der Waals surface area contributed by atoms with Crippen LogP contribution in [0, 0.1) is 34.5 Å². The van der Waals surface area contributed by atoms with Crippen LogP contribution in [0.2, 0.25) is 0 Å². The molecule has 4 aliphatic carbocycles. The summed E-state index contributed by atoms with van der Waals surface area (Å²) < 4.78 is 20.0. The lowest BCUT2D eigenvalue weighted by atomic mass is 9.43. The molecule has 11 unspecified atom stereocenters. The molecular formula is C33H44O7. The standard InChI is InChI=1S/C33H44O7/c1-6-19(2)28(36)38-25-26-30(4)15-13-23(35)18-22(30)12-16-32(26)33(40-32)17-14-24(20(3)34)31(33,5)27(25)39-29(37)21-10-8-7-9-11-21/h7-11,19,22-27,35H,6,12-18H2,1-5H3. The Morgan fingerprint density at radius 2 is 1.77 bits per heavy atom. The number of hydrogen-bond acceptors (Lipinski definition) is 7. The molecule has 7 heteroatoms. The van der Waals surface area contributed by atoms with Crippen LogP contribution in [-0.2, 0) is 23.8 Å². The summed E-state index contributed by atoms with van der Waals surface area (Å²) in [7, 11) is 0. The maximum Gasteiger partial charge on any atom is 0.338 e. The van der Waals surface area contributed by atoms with Crippen LogP contribution in [0.25, 0.3) is 0 Å². The third-order valence-electron chi connectivity index (χ3n) is 12.2. The summed E-state index contributed by atoms with van der Waals surface area (Å²) in [6.07, 6.45) is 3.98. The Morgan fingerprint density at radius 1 is 1.05 bits per heavy atom. The maximum absolute atomic E-state index is 13.7. The van der Waals surface area contributed by atoms with Crippen molar-refractivity contribution in [1.82, 2.24) is 0 Å². The topological polar surface area (TPSA) is 102 Å². The number of ether oxygens (including phenoxy) is 3. The first-order valence-corrected chi connectivity index (χ1v) is 15.3. The first-order chi connectivity index (χ1) is 18.9. The van der Waals surface area contributed by atoms with Gasteiger partial charge in [-0.05, 0) is 81.8 Å². The average molecular weight is 553 g/mol. The fraction of sp³-hybridized carbons (Fsp3) is 0.727. The Morgan fingerprint density at radius 3 is 2.45 bits per heavy atom. The molecule has 7 nitrogen and oxygen atoms in total. The van der Waals surface area contributed by atoms with Crippen LogP contribution in [0.3, 0.4) is 0 Å². The van der Waals surface area contributed by atoms with Gasteiger partial charge in [-0.15, -0.1) is 0 Å². The number of Topliss-reactive ketones (excluding diaryl/α,β-unsaturated/α-hetero) is 1. The molecule has 0 aromatic heterocycles. The fourth-order valence-corrected chi connectivity index (χ4v) is 9.91. The van der Waals surface area contributed by atoms with Crippen LogP contribution in [-0.4, -0.2) is 52.3 Å². The molecule has 1 aromatic carbocycles. The number of fused-ring (bicyclic) bond motifs is 2. The first-order valence-electron chi connectivity index (χ1n) is 15.3. The zero-order valence-electron chi connectivity index (χ0n) is 24.5. The van der Waals surface area contributed by atoms with E-state index in [2.05, 4.69) is 6.92 Å². The highest BCUT2D eigenvalue weighted by atomic mass is 16.7. The van der Waals surface area contributed by atoms with Gasteiger partial charge in [0.15, 0.2) is 0 Å². The molecule has 1 heterocycles. The zero-order chi connectivity index (χ0) is 28.7. The lowest BCUT2D eigenvalue weighted by Crippen LogP contribution is -2.70. The molecule has 0 amide bonds. The summed E-state index contributed by atoms with van der Waals surface area (Å²) in [6, 6.07) is 8.88. The quantitative estimate of drug-likeness (QED) is 0.379. The van der Waals surface area contributed by atoms with Crippen molar-refractivity contribution in [1.29, 1.82) is 0 Å². The summed E-state index contributed by atoms with van der Waals surface area (Å²) in [5, 5.41) is 10.6. The summed E-state index contributed by atoms with van der Waals surface area (Å²) in [4.78, 5) is 40.5. The van der Waals surface area contributed by atoms with Gasteiger partial charge in [0, 0.05) is 17.3 Å². The Hall–Kier alpha value is -2.25. The monoisotopic (exact) mass is 552 g/mol. The van der Waals surface area contributed by atoms with Crippen LogP contribution in [0.1, 0.15) is 96.3 Å². The molecule has 218 valence electrons. The molecule has 1 aliphatic heterocycles. The van der Waals surface area contributed by atoms with Crippen LogP contribution in [0.15, 0.2) is 30.3 Å². The molecule has 5 fully saturated rings. The van der Waals surface area contributed by atoms with E-state index in [0.29, 0.717) is 31.2 Å². The van der Waals surface area contributed by atoms with Crippen molar-refractivity contribution in [2.75, 3.05) is 0 Å². The van der Waals surface area contributed by atoms with Crippen LogP contribution >= 0.6 is 0 Å². The van der Waals surface area contributed by atoms with E-state index in [9.17, 15) is 19.5 Å². The average Bonchev–Trinajstić information content (AvgIpc) is 3.48. The third kappa shape index (κ3) is 3.58. The lowest BCUT2D eigenvalue weighted by molar-refractivity contribution is -0.217. The number of hydrogen-bond donors (Lipinski definition) is 1. The molecule has 2 spiro atoms. The number of aliphatic hydroxyl groups is 1. The smallest absolute Gasteiger partial charge is 0.338 e. The number of aliphatic hydroxyl groups excluding tert-OH is 1. The van der Waals surface area contributed by atoms with Gasteiger partial charge in [0.1, 0.15) is 29.2 Å². The summed E-state index contributed by atoms with van der Waals surface area (Å²) >= 11 is 0. The minimum atomic E-state index is -0.840. The molecule has 6 rings (SSSR count). The number of rotatable bonds is 6. The molecule has 1 saturated heterocycles. The Bertz CT molecular complexity index is 1200. The first kappa shape index (κ1) is 27.9. The van der Waals surface area contributed by atoms with E-state index in [1.807, 2.05) is 26.8 Å². The highest BCUT2D eigenvalue weighted by molar-refractivity contribution is 5.89. The van der Waals surface area contributed by atoms with Gasteiger partial charge in [-0.25, -0.2) is 4.79 Å².